The van der Waals surface area contributed by atoms with Gasteiger partial charge in [0, 0.05) is 25.8 Å². The number of nitrogens with two attached hydrogens (primary N) is 1. The summed E-state index contributed by atoms with van der Waals surface area (Å²) in [4.78, 5) is 14.9. The second kappa shape index (κ2) is 7.65. The van der Waals surface area contributed by atoms with Crippen LogP contribution in [0.5, 0.6) is 0 Å². The number of hydrogen-bond donors (Lipinski definition) is 1. The average molecular weight is 339 g/mol. The topological polar surface area (TPSA) is 55.6 Å². The van der Waals surface area contributed by atoms with Gasteiger partial charge in [0.1, 0.15) is 0 Å². The van der Waals surface area contributed by atoms with Crippen molar-refractivity contribution in [2.24, 2.45) is 11.7 Å². The van der Waals surface area contributed by atoms with Crippen LogP contribution >= 0.6 is 12.4 Å². The minimum absolute atomic E-state index is 0. The van der Waals surface area contributed by atoms with Crippen LogP contribution in [-0.4, -0.2) is 42.1 Å². The van der Waals surface area contributed by atoms with E-state index in [0.717, 1.165) is 19.4 Å². The lowest BCUT2D eigenvalue weighted by Gasteiger charge is -2.37. The molecule has 0 bridgehead atoms. The van der Waals surface area contributed by atoms with Crippen LogP contribution in [-0.2, 0) is 16.0 Å². The number of carbonyl (C=O) groups excluding carboxylic acids is 1. The van der Waals surface area contributed by atoms with Gasteiger partial charge in [0.05, 0.1) is 5.54 Å². The molecule has 0 radical (unpaired) electrons. The summed E-state index contributed by atoms with van der Waals surface area (Å²) in [5, 5.41) is 0. The normalized spacial score (nSPS) is 26.6. The maximum atomic E-state index is 12.9. The predicted octanol–water partition coefficient (Wildman–Crippen LogP) is 2.40. The number of benzene rings is 1. The molecule has 3 rings (SSSR count). The van der Waals surface area contributed by atoms with E-state index in [2.05, 4.69) is 31.2 Å². The molecule has 2 atom stereocenters. The standard InChI is InChI=1S/C18H26N2O2.ClH/c1-14-16(13-15-5-3-2-4-6-15)7-10-20(14)17(21)18(19)8-11-22-12-9-18;/h2-6,14,16H,7-13,19H2,1H3;1H. The summed E-state index contributed by atoms with van der Waals surface area (Å²) in [6.45, 7) is 4.19. The first kappa shape index (κ1) is 18.2. The Morgan fingerprint density at radius 3 is 2.61 bits per heavy atom. The van der Waals surface area contributed by atoms with Crippen molar-refractivity contribution in [1.82, 2.24) is 4.90 Å². The van der Waals surface area contributed by atoms with E-state index in [4.69, 9.17) is 10.5 Å². The van der Waals surface area contributed by atoms with Crippen molar-refractivity contribution in [2.45, 2.75) is 44.2 Å². The van der Waals surface area contributed by atoms with Crippen LogP contribution < -0.4 is 5.73 Å². The smallest absolute Gasteiger partial charge is 0.243 e. The third kappa shape index (κ3) is 3.87. The van der Waals surface area contributed by atoms with Crippen LogP contribution in [0.4, 0.5) is 0 Å². The van der Waals surface area contributed by atoms with Gasteiger partial charge in [-0.2, -0.15) is 0 Å². The minimum atomic E-state index is -0.714. The maximum Gasteiger partial charge on any atom is 0.243 e. The lowest BCUT2D eigenvalue weighted by molar-refractivity contribution is -0.141. The van der Waals surface area contributed by atoms with Gasteiger partial charge in [-0.1, -0.05) is 30.3 Å². The highest BCUT2D eigenvalue weighted by Crippen LogP contribution is 2.31. The molecule has 2 N–H and O–H groups in total. The first-order valence-electron chi connectivity index (χ1n) is 8.32. The molecule has 128 valence electrons. The Balaban J connectivity index is 0.00000192. The molecule has 1 aromatic carbocycles. The van der Waals surface area contributed by atoms with E-state index in [0.29, 0.717) is 32.0 Å². The zero-order chi connectivity index (χ0) is 15.6. The number of likely N-dealkylation sites (tertiary alicyclic amines) is 1. The monoisotopic (exact) mass is 338 g/mol. The fraction of sp³-hybridized carbons (Fsp3) is 0.611. The van der Waals surface area contributed by atoms with Crippen LogP contribution in [0.25, 0.3) is 0 Å². The second-order valence-corrected chi connectivity index (χ2v) is 6.75. The number of carbonyl (C=O) groups is 1. The van der Waals surface area contributed by atoms with Gasteiger partial charge in [0.25, 0.3) is 0 Å². The molecule has 0 spiro atoms. The summed E-state index contributed by atoms with van der Waals surface area (Å²) in [6.07, 6.45) is 3.37. The highest BCUT2D eigenvalue weighted by molar-refractivity contribution is 5.86. The highest BCUT2D eigenvalue weighted by atomic mass is 35.5. The van der Waals surface area contributed by atoms with Gasteiger partial charge in [-0.15, -0.1) is 12.4 Å². The van der Waals surface area contributed by atoms with E-state index >= 15 is 0 Å². The molecule has 1 aromatic rings. The summed E-state index contributed by atoms with van der Waals surface area (Å²) in [5.74, 6) is 0.647. The predicted molar refractivity (Wildman–Crippen MR) is 93.6 cm³/mol. The molecule has 2 saturated heterocycles. The number of halogens is 1. The molecule has 2 aliphatic heterocycles. The van der Waals surface area contributed by atoms with Crippen LogP contribution in [0.15, 0.2) is 30.3 Å². The number of rotatable bonds is 3. The number of nitrogens with zero attached hydrogens (tertiary/aromatic N) is 1. The SMILES string of the molecule is CC1C(Cc2ccccc2)CCN1C(=O)C1(N)CCOCC1.Cl. The maximum absolute atomic E-state index is 12.9. The lowest BCUT2D eigenvalue weighted by Crippen LogP contribution is -2.59. The van der Waals surface area contributed by atoms with Gasteiger partial charge in [-0.3, -0.25) is 4.79 Å². The molecular weight excluding hydrogens is 312 g/mol. The quantitative estimate of drug-likeness (QED) is 0.920. The first-order chi connectivity index (χ1) is 10.6. The van der Waals surface area contributed by atoms with E-state index in [-0.39, 0.29) is 24.4 Å². The zero-order valence-corrected chi connectivity index (χ0v) is 14.6. The van der Waals surface area contributed by atoms with Gasteiger partial charge >= 0.3 is 0 Å². The Morgan fingerprint density at radius 1 is 1.30 bits per heavy atom. The van der Waals surface area contributed by atoms with Crippen molar-refractivity contribution in [3.05, 3.63) is 35.9 Å². The van der Waals surface area contributed by atoms with Gasteiger partial charge in [0.15, 0.2) is 0 Å². The molecule has 4 nitrogen and oxygen atoms in total. The fourth-order valence-corrected chi connectivity index (χ4v) is 3.72. The van der Waals surface area contributed by atoms with E-state index in [1.807, 2.05) is 11.0 Å². The second-order valence-electron chi connectivity index (χ2n) is 6.75. The van der Waals surface area contributed by atoms with Crippen LogP contribution in [0.3, 0.4) is 0 Å². The van der Waals surface area contributed by atoms with Crippen molar-refractivity contribution < 1.29 is 9.53 Å². The molecule has 0 aromatic heterocycles. The Kier molecular flexibility index (Phi) is 6.06. The molecule has 2 heterocycles. The van der Waals surface area contributed by atoms with Crippen molar-refractivity contribution in [3.63, 3.8) is 0 Å². The largest absolute Gasteiger partial charge is 0.381 e. The molecule has 0 aliphatic carbocycles. The Hall–Kier alpha value is -1.10. The molecule has 2 aliphatic rings. The summed E-state index contributed by atoms with van der Waals surface area (Å²) in [6, 6.07) is 10.8. The van der Waals surface area contributed by atoms with E-state index < -0.39 is 5.54 Å². The average Bonchev–Trinajstić information content (AvgIpc) is 2.89. The molecule has 2 fully saturated rings. The van der Waals surface area contributed by atoms with Crippen LogP contribution in [0.1, 0.15) is 31.7 Å². The first-order valence-corrected chi connectivity index (χ1v) is 8.32. The third-order valence-corrected chi connectivity index (χ3v) is 5.33. The van der Waals surface area contributed by atoms with Crippen molar-refractivity contribution in [2.75, 3.05) is 19.8 Å². The Bertz CT molecular complexity index is 517. The lowest BCUT2D eigenvalue weighted by atomic mass is 9.88. The van der Waals surface area contributed by atoms with Gasteiger partial charge in [0.2, 0.25) is 5.91 Å². The van der Waals surface area contributed by atoms with Gasteiger partial charge in [-0.05, 0) is 44.1 Å². The minimum Gasteiger partial charge on any atom is -0.381 e. The molecule has 1 amide bonds. The van der Waals surface area contributed by atoms with Gasteiger partial charge < -0.3 is 15.4 Å². The molecule has 23 heavy (non-hydrogen) atoms. The van der Waals surface area contributed by atoms with Crippen molar-refractivity contribution >= 4 is 18.3 Å². The molecule has 2 unspecified atom stereocenters. The summed E-state index contributed by atoms with van der Waals surface area (Å²) in [5.41, 5.74) is 7.01. The fourth-order valence-electron chi connectivity index (χ4n) is 3.72. The summed E-state index contributed by atoms with van der Waals surface area (Å²) in [7, 11) is 0. The van der Waals surface area contributed by atoms with E-state index in [1.54, 1.807) is 0 Å². The number of ether oxygens (including phenoxy) is 1. The van der Waals surface area contributed by atoms with E-state index in [1.165, 1.54) is 5.56 Å². The third-order valence-electron chi connectivity index (χ3n) is 5.33. The number of amides is 1. The van der Waals surface area contributed by atoms with Crippen molar-refractivity contribution in [3.8, 4) is 0 Å². The molecular formula is C18H27ClN2O2. The van der Waals surface area contributed by atoms with Crippen LogP contribution in [0, 0.1) is 5.92 Å². The van der Waals surface area contributed by atoms with Crippen LogP contribution in [0.2, 0.25) is 0 Å². The Morgan fingerprint density at radius 2 is 1.96 bits per heavy atom. The van der Waals surface area contributed by atoms with Gasteiger partial charge in [-0.25, -0.2) is 0 Å². The van der Waals surface area contributed by atoms with Crippen molar-refractivity contribution in [1.29, 1.82) is 0 Å². The van der Waals surface area contributed by atoms with E-state index in [9.17, 15) is 4.79 Å². The summed E-state index contributed by atoms with van der Waals surface area (Å²) >= 11 is 0. The number of hydrogen-bond acceptors (Lipinski definition) is 3. The molecule has 5 heteroatoms. The zero-order valence-electron chi connectivity index (χ0n) is 13.7. The summed E-state index contributed by atoms with van der Waals surface area (Å²) < 4.78 is 5.35. The highest BCUT2D eigenvalue weighted by Gasteiger charge is 2.43. The Labute approximate surface area is 144 Å². The molecule has 0 saturated carbocycles.